The third-order valence-corrected chi connectivity index (χ3v) is 3.81. The van der Waals surface area contributed by atoms with Crippen LogP contribution in [-0.4, -0.2) is 45.6 Å². The zero-order chi connectivity index (χ0) is 14.8. The molecule has 1 aliphatic rings. The molecule has 1 fully saturated rings. The van der Waals surface area contributed by atoms with Gasteiger partial charge in [-0.2, -0.15) is 5.10 Å². The molecule has 3 heterocycles. The van der Waals surface area contributed by atoms with Crippen LogP contribution < -0.4 is 5.32 Å². The number of rotatable bonds is 4. The number of aromatic nitrogens is 3. The maximum absolute atomic E-state index is 11.4. The second kappa shape index (κ2) is 5.69. The van der Waals surface area contributed by atoms with Crippen LogP contribution in [-0.2, 0) is 11.8 Å². The normalized spacial score (nSPS) is 18.8. The van der Waals surface area contributed by atoms with E-state index < -0.39 is 5.97 Å². The van der Waals surface area contributed by atoms with Gasteiger partial charge in [0.15, 0.2) is 5.65 Å². The smallest absolute Gasteiger partial charge is 0.339 e. The topological polar surface area (TPSA) is 89.3 Å². The van der Waals surface area contributed by atoms with E-state index in [-0.39, 0.29) is 5.56 Å². The predicted molar refractivity (Wildman–Crippen MR) is 77.5 cm³/mol. The molecule has 112 valence electrons. The molecule has 2 N–H and O–H groups in total. The number of nitrogens with zero attached hydrogens (tertiary/aromatic N) is 3. The zero-order valence-electron chi connectivity index (χ0n) is 11.9. The highest BCUT2D eigenvalue weighted by molar-refractivity contribution is 6.03. The molecular formula is C14H18N4O3. The maximum Gasteiger partial charge on any atom is 0.339 e. The molecule has 0 spiro atoms. The minimum atomic E-state index is -0.990. The van der Waals surface area contributed by atoms with Gasteiger partial charge in [-0.25, -0.2) is 9.78 Å². The van der Waals surface area contributed by atoms with Crippen molar-refractivity contribution in [2.45, 2.75) is 12.8 Å². The molecule has 0 amide bonds. The van der Waals surface area contributed by atoms with Gasteiger partial charge in [0.05, 0.1) is 23.9 Å². The van der Waals surface area contributed by atoms with Gasteiger partial charge < -0.3 is 15.2 Å². The molecule has 1 aliphatic heterocycles. The maximum atomic E-state index is 11.4. The minimum Gasteiger partial charge on any atom is -0.478 e. The van der Waals surface area contributed by atoms with Crippen molar-refractivity contribution in [1.82, 2.24) is 14.8 Å². The second-order valence-electron chi connectivity index (χ2n) is 5.32. The van der Waals surface area contributed by atoms with Crippen LogP contribution in [0.15, 0.2) is 12.4 Å². The first-order valence-electron chi connectivity index (χ1n) is 7.02. The highest BCUT2D eigenvalue weighted by atomic mass is 16.5. The van der Waals surface area contributed by atoms with Crippen LogP contribution >= 0.6 is 0 Å². The second-order valence-corrected chi connectivity index (χ2v) is 5.32. The van der Waals surface area contributed by atoms with E-state index in [2.05, 4.69) is 15.4 Å². The Balaban J connectivity index is 1.90. The summed E-state index contributed by atoms with van der Waals surface area (Å²) in [6.45, 7) is 2.23. The van der Waals surface area contributed by atoms with Gasteiger partial charge in [-0.1, -0.05) is 0 Å². The number of carboxylic acids is 1. The number of fused-ring (bicyclic) bond motifs is 1. The average Bonchev–Trinajstić information content (AvgIpc) is 2.87. The van der Waals surface area contributed by atoms with Crippen LogP contribution in [0.1, 0.15) is 23.2 Å². The molecule has 0 aromatic carbocycles. The molecule has 3 rings (SSSR count). The van der Waals surface area contributed by atoms with Gasteiger partial charge in [0.2, 0.25) is 0 Å². The Morgan fingerprint density at radius 2 is 2.43 bits per heavy atom. The van der Waals surface area contributed by atoms with Crippen molar-refractivity contribution >= 4 is 22.7 Å². The fraction of sp³-hybridized carbons (Fsp3) is 0.500. The molecule has 1 unspecified atom stereocenters. The van der Waals surface area contributed by atoms with Crippen molar-refractivity contribution in [1.29, 1.82) is 0 Å². The van der Waals surface area contributed by atoms with E-state index in [0.717, 1.165) is 31.4 Å². The van der Waals surface area contributed by atoms with Gasteiger partial charge in [0.1, 0.15) is 5.56 Å². The largest absolute Gasteiger partial charge is 0.478 e. The minimum absolute atomic E-state index is 0.173. The summed E-state index contributed by atoms with van der Waals surface area (Å²) < 4.78 is 7.09. The van der Waals surface area contributed by atoms with Crippen molar-refractivity contribution in [2.24, 2.45) is 13.0 Å². The van der Waals surface area contributed by atoms with Crippen LogP contribution in [0, 0.1) is 5.92 Å². The number of hydrogen-bond donors (Lipinski definition) is 2. The van der Waals surface area contributed by atoms with Gasteiger partial charge in [0.25, 0.3) is 0 Å². The van der Waals surface area contributed by atoms with Crippen LogP contribution in [0.3, 0.4) is 0 Å². The number of aryl methyl sites for hydroxylation is 1. The van der Waals surface area contributed by atoms with Gasteiger partial charge in [-0.15, -0.1) is 0 Å². The van der Waals surface area contributed by atoms with Crippen LogP contribution in [0.4, 0.5) is 5.69 Å². The Labute approximate surface area is 121 Å². The van der Waals surface area contributed by atoms with Gasteiger partial charge in [0, 0.05) is 26.4 Å². The Hall–Kier alpha value is -2.15. The summed E-state index contributed by atoms with van der Waals surface area (Å²) in [6, 6.07) is 0. The lowest BCUT2D eigenvalue weighted by atomic mass is 10.0. The molecule has 21 heavy (non-hydrogen) atoms. The standard InChI is InChI=1S/C14H18N4O3/c1-18-13-10(7-17-18)12(11(6-16-13)14(19)20)15-5-9-3-2-4-21-8-9/h6-7,9H,2-5,8H2,1H3,(H,15,16)(H,19,20). The molecule has 0 aliphatic carbocycles. The van der Waals surface area contributed by atoms with Gasteiger partial charge in [-0.3, -0.25) is 4.68 Å². The summed E-state index contributed by atoms with van der Waals surface area (Å²) in [5.41, 5.74) is 1.43. The molecule has 7 heteroatoms. The van der Waals surface area contributed by atoms with E-state index in [9.17, 15) is 9.90 Å². The number of ether oxygens (including phenoxy) is 1. The fourth-order valence-electron chi connectivity index (χ4n) is 2.66. The summed E-state index contributed by atoms with van der Waals surface area (Å²) in [5.74, 6) is -0.587. The van der Waals surface area contributed by atoms with Crippen molar-refractivity contribution in [3.05, 3.63) is 18.0 Å². The number of pyridine rings is 1. The first-order chi connectivity index (χ1) is 10.2. The number of nitrogens with one attached hydrogen (secondary N) is 1. The lowest BCUT2D eigenvalue weighted by Crippen LogP contribution is -2.25. The number of aromatic carboxylic acids is 1. The number of carboxylic acid groups (broad SMARTS) is 1. The van der Waals surface area contributed by atoms with Crippen molar-refractivity contribution in [3.63, 3.8) is 0 Å². The fourth-order valence-corrected chi connectivity index (χ4v) is 2.66. The molecule has 0 bridgehead atoms. The first kappa shape index (κ1) is 13.8. The van der Waals surface area contributed by atoms with Crippen molar-refractivity contribution in [3.8, 4) is 0 Å². The average molecular weight is 290 g/mol. The predicted octanol–water partition coefficient (Wildman–Crippen LogP) is 1.50. The molecule has 1 saturated heterocycles. The lowest BCUT2D eigenvalue weighted by molar-refractivity contribution is 0.0595. The number of carbonyl (C=O) groups is 1. The quantitative estimate of drug-likeness (QED) is 0.887. The Kier molecular flexibility index (Phi) is 3.74. The summed E-state index contributed by atoms with van der Waals surface area (Å²) in [4.78, 5) is 15.6. The highest BCUT2D eigenvalue weighted by Crippen LogP contribution is 2.26. The molecule has 7 nitrogen and oxygen atoms in total. The monoisotopic (exact) mass is 290 g/mol. The van der Waals surface area contributed by atoms with E-state index in [1.165, 1.54) is 6.20 Å². The van der Waals surface area contributed by atoms with Gasteiger partial charge in [-0.05, 0) is 18.8 Å². The first-order valence-corrected chi connectivity index (χ1v) is 7.02. The SMILES string of the molecule is Cn1ncc2c(NCC3CCCOC3)c(C(=O)O)cnc21. The highest BCUT2D eigenvalue weighted by Gasteiger charge is 2.19. The molecular weight excluding hydrogens is 272 g/mol. The van der Waals surface area contributed by atoms with Gasteiger partial charge >= 0.3 is 5.97 Å². The molecule has 1 atom stereocenters. The molecule has 2 aromatic heterocycles. The van der Waals surface area contributed by atoms with Crippen LogP contribution in [0.25, 0.3) is 11.0 Å². The third kappa shape index (κ3) is 2.69. The van der Waals surface area contributed by atoms with E-state index in [0.29, 0.717) is 23.8 Å². The molecule has 0 saturated carbocycles. The van der Waals surface area contributed by atoms with E-state index in [1.54, 1.807) is 17.9 Å². The summed E-state index contributed by atoms with van der Waals surface area (Å²) in [5, 5.41) is 17.5. The Morgan fingerprint density at radius 3 is 3.14 bits per heavy atom. The number of hydrogen-bond acceptors (Lipinski definition) is 5. The van der Waals surface area contributed by atoms with Crippen molar-refractivity contribution < 1.29 is 14.6 Å². The van der Waals surface area contributed by atoms with Crippen LogP contribution in [0.2, 0.25) is 0 Å². The lowest BCUT2D eigenvalue weighted by Gasteiger charge is -2.23. The summed E-state index contributed by atoms with van der Waals surface area (Å²) in [7, 11) is 1.79. The van der Waals surface area contributed by atoms with E-state index >= 15 is 0 Å². The van der Waals surface area contributed by atoms with Crippen molar-refractivity contribution in [2.75, 3.05) is 25.1 Å². The molecule has 2 aromatic rings. The van der Waals surface area contributed by atoms with E-state index in [4.69, 9.17) is 4.74 Å². The van der Waals surface area contributed by atoms with Crippen LogP contribution in [0.5, 0.6) is 0 Å². The zero-order valence-corrected chi connectivity index (χ0v) is 11.9. The molecule has 0 radical (unpaired) electrons. The third-order valence-electron chi connectivity index (χ3n) is 3.81. The Morgan fingerprint density at radius 1 is 1.57 bits per heavy atom. The summed E-state index contributed by atoms with van der Waals surface area (Å²) >= 11 is 0. The Bertz CT molecular complexity index is 662. The number of anilines is 1. The van der Waals surface area contributed by atoms with E-state index in [1.807, 2.05) is 0 Å². The summed E-state index contributed by atoms with van der Waals surface area (Å²) in [6.07, 6.45) is 5.17.